The highest BCUT2D eigenvalue weighted by atomic mass is 16.5. The zero-order valence-electron chi connectivity index (χ0n) is 11.2. The van der Waals surface area contributed by atoms with Crippen LogP contribution in [0.15, 0.2) is 0 Å². The van der Waals surface area contributed by atoms with Gasteiger partial charge in [-0.1, -0.05) is 0 Å². The van der Waals surface area contributed by atoms with E-state index in [0.29, 0.717) is 0 Å². The van der Waals surface area contributed by atoms with Crippen molar-refractivity contribution < 1.29 is 14.3 Å². The molecule has 0 radical (unpaired) electrons. The molecule has 1 heterocycles. The summed E-state index contributed by atoms with van der Waals surface area (Å²) < 4.78 is 4.64. The summed E-state index contributed by atoms with van der Waals surface area (Å²) in [5, 5.41) is 2.93. The van der Waals surface area contributed by atoms with Crippen LogP contribution in [-0.2, 0) is 14.3 Å². The first-order valence-corrected chi connectivity index (χ1v) is 5.91. The van der Waals surface area contributed by atoms with Crippen LogP contribution < -0.4 is 5.32 Å². The van der Waals surface area contributed by atoms with Gasteiger partial charge in [0.1, 0.15) is 0 Å². The van der Waals surface area contributed by atoms with Crippen LogP contribution in [0.3, 0.4) is 0 Å². The average molecular weight is 242 g/mol. The summed E-state index contributed by atoms with van der Waals surface area (Å²) in [7, 11) is 1.34. The number of hydrogen-bond donors (Lipinski definition) is 1. The number of methoxy groups -OCH3 is 1. The molecule has 0 aromatic rings. The number of amides is 1. The van der Waals surface area contributed by atoms with E-state index in [-0.39, 0.29) is 29.9 Å². The molecule has 5 heteroatoms. The summed E-state index contributed by atoms with van der Waals surface area (Å²) in [5.41, 5.74) is -0.256. The van der Waals surface area contributed by atoms with Crippen molar-refractivity contribution in [3.05, 3.63) is 0 Å². The molecular formula is C12H22N2O3. The molecule has 98 valence electrons. The molecule has 0 aliphatic carbocycles. The van der Waals surface area contributed by atoms with E-state index in [2.05, 4.69) is 15.0 Å². The second-order valence-electron chi connectivity index (χ2n) is 5.44. The molecule has 1 unspecified atom stereocenters. The number of nitrogens with one attached hydrogen (secondary N) is 1. The van der Waals surface area contributed by atoms with Crippen LogP contribution in [0.5, 0.6) is 0 Å². The largest absolute Gasteiger partial charge is 0.469 e. The summed E-state index contributed by atoms with van der Waals surface area (Å²) in [4.78, 5) is 25.4. The maximum absolute atomic E-state index is 12.0. The Morgan fingerprint density at radius 3 is 2.65 bits per heavy atom. The Morgan fingerprint density at radius 1 is 1.59 bits per heavy atom. The zero-order valence-corrected chi connectivity index (χ0v) is 11.2. The van der Waals surface area contributed by atoms with E-state index in [1.165, 1.54) is 7.11 Å². The van der Waals surface area contributed by atoms with Crippen molar-refractivity contribution in [3.8, 4) is 0 Å². The number of esters is 1. The standard InChI is InChI=1S/C12H22N2O3/c1-8(2)14-7-12(3,4)13-11(16)9(14)6-10(15)17-5/h8-9H,6-7H2,1-5H3,(H,13,16). The van der Waals surface area contributed by atoms with Gasteiger partial charge >= 0.3 is 5.97 Å². The topological polar surface area (TPSA) is 58.6 Å². The van der Waals surface area contributed by atoms with E-state index >= 15 is 0 Å². The zero-order chi connectivity index (χ0) is 13.2. The SMILES string of the molecule is COC(=O)CC1C(=O)NC(C)(C)CN1C(C)C. The lowest BCUT2D eigenvalue weighted by molar-refractivity contribution is -0.148. The van der Waals surface area contributed by atoms with Crippen molar-refractivity contribution >= 4 is 11.9 Å². The van der Waals surface area contributed by atoms with E-state index in [1.807, 2.05) is 27.7 Å². The van der Waals surface area contributed by atoms with Crippen molar-refractivity contribution in [1.82, 2.24) is 10.2 Å². The molecule has 1 N–H and O–H groups in total. The second kappa shape index (κ2) is 5.04. The number of ether oxygens (including phenoxy) is 1. The second-order valence-corrected chi connectivity index (χ2v) is 5.44. The van der Waals surface area contributed by atoms with Gasteiger partial charge in [0.05, 0.1) is 19.6 Å². The molecule has 1 amide bonds. The van der Waals surface area contributed by atoms with Gasteiger partial charge in [-0.15, -0.1) is 0 Å². The first-order valence-electron chi connectivity index (χ1n) is 5.91. The molecular weight excluding hydrogens is 220 g/mol. The molecule has 1 rings (SSSR count). The predicted molar refractivity (Wildman–Crippen MR) is 64.5 cm³/mol. The van der Waals surface area contributed by atoms with E-state index in [0.717, 1.165) is 6.54 Å². The molecule has 1 fully saturated rings. The van der Waals surface area contributed by atoms with E-state index < -0.39 is 6.04 Å². The first-order chi connectivity index (χ1) is 7.76. The smallest absolute Gasteiger partial charge is 0.307 e. The highest BCUT2D eigenvalue weighted by molar-refractivity contribution is 5.87. The molecule has 0 saturated carbocycles. The predicted octanol–water partition coefficient (Wildman–Crippen LogP) is 0.537. The van der Waals surface area contributed by atoms with Crippen LogP contribution in [0.25, 0.3) is 0 Å². The monoisotopic (exact) mass is 242 g/mol. The molecule has 0 spiro atoms. The highest BCUT2D eigenvalue weighted by Gasteiger charge is 2.40. The summed E-state index contributed by atoms with van der Waals surface area (Å²) in [6, 6.07) is -0.203. The molecule has 0 aromatic heterocycles. The quantitative estimate of drug-likeness (QED) is 0.734. The van der Waals surface area contributed by atoms with Crippen LogP contribution in [0.2, 0.25) is 0 Å². The molecule has 1 aliphatic rings. The van der Waals surface area contributed by atoms with Crippen molar-refractivity contribution in [2.75, 3.05) is 13.7 Å². The fourth-order valence-electron chi connectivity index (χ4n) is 2.17. The van der Waals surface area contributed by atoms with Gasteiger partial charge < -0.3 is 10.1 Å². The summed E-state index contributed by atoms with van der Waals surface area (Å²) in [6.07, 6.45) is 0.108. The first kappa shape index (κ1) is 14.0. The number of nitrogens with zero attached hydrogens (tertiary/aromatic N) is 1. The lowest BCUT2D eigenvalue weighted by Crippen LogP contribution is -2.66. The maximum atomic E-state index is 12.0. The number of carbonyl (C=O) groups excluding carboxylic acids is 2. The Kier molecular flexibility index (Phi) is 4.14. The third-order valence-electron chi connectivity index (χ3n) is 2.99. The van der Waals surface area contributed by atoms with E-state index in [1.54, 1.807) is 0 Å². The van der Waals surface area contributed by atoms with Gasteiger partial charge in [0.2, 0.25) is 5.91 Å². The van der Waals surface area contributed by atoms with Gasteiger partial charge in [-0.05, 0) is 27.7 Å². The van der Waals surface area contributed by atoms with Crippen molar-refractivity contribution in [2.45, 2.75) is 51.7 Å². The van der Waals surface area contributed by atoms with Crippen LogP contribution in [0.4, 0.5) is 0 Å². The highest BCUT2D eigenvalue weighted by Crippen LogP contribution is 2.20. The van der Waals surface area contributed by atoms with Crippen LogP contribution in [-0.4, -0.2) is 48.1 Å². The van der Waals surface area contributed by atoms with Crippen LogP contribution >= 0.6 is 0 Å². The maximum Gasteiger partial charge on any atom is 0.307 e. The van der Waals surface area contributed by atoms with Gasteiger partial charge in [0.15, 0.2) is 0 Å². The van der Waals surface area contributed by atoms with Gasteiger partial charge in [-0.3, -0.25) is 14.5 Å². The molecule has 1 saturated heterocycles. The van der Waals surface area contributed by atoms with Crippen molar-refractivity contribution in [3.63, 3.8) is 0 Å². The van der Waals surface area contributed by atoms with E-state index in [9.17, 15) is 9.59 Å². The lowest BCUT2D eigenvalue weighted by atomic mass is 9.95. The number of carbonyl (C=O) groups is 2. The molecule has 0 aromatic carbocycles. The molecule has 1 atom stereocenters. The normalized spacial score (nSPS) is 24.6. The number of rotatable bonds is 3. The van der Waals surface area contributed by atoms with Gasteiger partial charge in [0, 0.05) is 18.1 Å². The molecule has 17 heavy (non-hydrogen) atoms. The van der Waals surface area contributed by atoms with Gasteiger partial charge in [-0.25, -0.2) is 0 Å². The fourth-order valence-corrected chi connectivity index (χ4v) is 2.17. The molecule has 1 aliphatic heterocycles. The van der Waals surface area contributed by atoms with Crippen molar-refractivity contribution in [2.24, 2.45) is 0 Å². The minimum atomic E-state index is -0.421. The Morgan fingerprint density at radius 2 is 2.18 bits per heavy atom. The minimum absolute atomic E-state index is 0.0969. The minimum Gasteiger partial charge on any atom is -0.469 e. The van der Waals surface area contributed by atoms with Crippen molar-refractivity contribution in [1.29, 1.82) is 0 Å². The lowest BCUT2D eigenvalue weighted by Gasteiger charge is -2.45. The Labute approximate surface area is 102 Å². The number of hydrogen-bond acceptors (Lipinski definition) is 4. The summed E-state index contributed by atoms with van der Waals surface area (Å²) in [5.74, 6) is -0.448. The van der Waals surface area contributed by atoms with Crippen LogP contribution in [0.1, 0.15) is 34.1 Å². The molecule has 5 nitrogen and oxygen atoms in total. The van der Waals surface area contributed by atoms with Gasteiger partial charge in [-0.2, -0.15) is 0 Å². The van der Waals surface area contributed by atoms with E-state index in [4.69, 9.17) is 0 Å². The molecule has 0 bridgehead atoms. The van der Waals surface area contributed by atoms with Crippen LogP contribution in [0, 0.1) is 0 Å². The Bertz CT molecular complexity index is 313. The number of piperazine rings is 1. The Balaban J connectivity index is 2.85. The summed E-state index contributed by atoms with van der Waals surface area (Å²) >= 11 is 0. The third kappa shape index (κ3) is 3.43. The summed E-state index contributed by atoms with van der Waals surface area (Å²) in [6.45, 7) is 8.75. The fraction of sp³-hybridized carbons (Fsp3) is 0.833. The van der Waals surface area contributed by atoms with Gasteiger partial charge in [0.25, 0.3) is 0 Å². The Hall–Kier alpha value is -1.10. The average Bonchev–Trinajstić information content (AvgIpc) is 2.20. The third-order valence-corrected chi connectivity index (χ3v) is 2.99.